The predicted octanol–water partition coefficient (Wildman–Crippen LogP) is 6.01. The van der Waals surface area contributed by atoms with E-state index in [2.05, 4.69) is 45.8 Å². The summed E-state index contributed by atoms with van der Waals surface area (Å²) in [7, 11) is -6.25. The zero-order valence-corrected chi connectivity index (χ0v) is 27.7. The van der Waals surface area contributed by atoms with Gasteiger partial charge in [0.05, 0.1) is 13.2 Å². The SMILES string of the molecule is C[Si](C)(C)O[Si](C)(CCCC(COC(=O)C(=O)c1ccccc1)COC(=O)C(=O)c1ccccc1)O[Si](C)(C)C. The minimum atomic E-state index is -2.50. The van der Waals surface area contributed by atoms with E-state index in [1.165, 1.54) is 0 Å². The van der Waals surface area contributed by atoms with E-state index in [1.54, 1.807) is 60.7 Å². The minimum absolute atomic E-state index is 0.133. The summed E-state index contributed by atoms with van der Waals surface area (Å²) >= 11 is 0. The number of esters is 2. The lowest BCUT2D eigenvalue weighted by molar-refractivity contribution is -0.143. The van der Waals surface area contributed by atoms with Crippen molar-refractivity contribution >= 4 is 48.7 Å². The molecule has 0 N–H and O–H groups in total. The minimum Gasteiger partial charge on any atom is -0.459 e. The van der Waals surface area contributed by atoms with E-state index >= 15 is 0 Å². The Morgan fingerprint density at radius 3 is 1.35 bits per heavy atom. The van der Waals surface area contributed by atoms with Crippen LogP contribution in [0.5, 0.6) is 0 Å². The Hall–Kier alpha value is -2.71. The number of ketones is 2. The quantitative estimate of drug-likeness (QED) is 0.0996. The molecule has 0 aliphatic rings. The molecule has 0 saturated heterocycles. The zero-order chi connectivity index (χ0) is 30.0. The lowest BCUT2D eigenvalue weighted by atomic mass is 10.1. The summed E-state index contributed by atoms with van der Waals surface area (Å²) < 4.78 is 23.8. The molecule has 2 aromatic rings. The molecule has 0 atom stereocenters. The molecule has 0 fully saturated rings. The van der Waals surface area contributed by atoms with Gasteiger partial charge < -0.3 is 17.7 Å². The van der Waals surface area contributed by atoms with Crippen LogP contribution in [-0.2, 0) is 27.3 Å². The second-order valence-corrected chi connectivity index (χ2v) is 24.8. The van der Waals surface area contributed by atoms with Crippen molar-refractivity contribution in [2.45, 2.75) is 64.7 Å². The summed E-state index contributed by atoms with van der Waals surface area (Å²) in [6.07, 6.45) is 1.20. The van der Waals surface area contributed by atoms with Gasteiger partial charge in [0, 0.05) is 17.0 Å². The summed E-state index contributed by atoms with van der Waals surface area (Å²) in [5.41, 5.74) is 0.468. The van der Waals surface area contributed by atoms with Gasteiger partial charge in [-0.05, 0) is 58.3 Å². The molecule has 0 unspecified atom stereocenters. The predicted molar refractivity (Wildman–Crippen MR) is 161 cm³/mol. The maximum Gasteiger partial charge on any atom is 0.379 e. The summed E-state index contributed by atoms with van der Waals surface area (Å²) in [6, 6.07) is 17.0. The van der Waals surface area contributed by atoms with E-state index < -0.39 is 54.6 Å². The number of carbonyl (C=O) groups excluding carboxylic acids is 4. The molecule has 0 radical (unpaired) electrons. The fraction of sp³-hybridized carbons (Fsp3) is 0.448. The Morgan fingerprint density at radius 1 is 0.625 bits per heavy atom. The molecular weight excluding hydrogens is 561 g/mol. The molecule has 0 heterocycles. The second kappa shape index (κ2) is 14.8. The molecule has 0 saturated carbocycles. The number of benzene rings is 2. The van der Waals surface area contributed by atoms with Crippen LogP contribution in [0.4, 0.5) is 0 Å². The van der Waals surface area contributed by atoms with Gasteiger partial charge in [-0.2, -0.15) is 0 Å². The van der Waals surface area contributed by atoms with Crippen LogP contribution in [0.2, 0.25) is 51.9 Å². The summed E-state index contributed by atoms with van der Waals surface area (Å²) in [4.78, 5) is 49.8. The molecule has 0 aromatic heterocycles. The number of rotatable bonds is 16. The Bertz CT molecular complexity index is 1060. The normalized spacial score (nSPS) is 12.2. The fourth-order valence-corrected chi connectivity index (χ4v) is 16.8. The van der Waals surface area contributed by atoms with Crippen molar-refractivity contribution in [3.05, 3.63) is 71.8 Å². The molecule has 0 spiro atoms. The van der Waals surface area contributed by atoms with E-state index in [0.29, 0.717) is 18.9 Å². The van der Waals surface area contributed by atoms with Crippen LogP contribution in [0.3, 0.4) is 0 Å². The molecule has 2 rings (SSSR count). The van der Waals surface area contributed by atoms with Crippen molar-refractivity contribution < 1.29 is 36.9 Å². The summed E-state index contributed by atoms with van der Waals surface area (Å²) in [6.45, 7) is 14.7. The lowest BCUT2D eigenvalue weighted by Gasteiger charge is -2.38. The molecule has 2 aromatic carbocycles. The highest BCUT2D eigenvalue weighted by Gasteiger charge is 2.40. The Morgan fingerprint density at radius 2 is 1.00 bits per heavy atom. The smallest absolute Gasteiger partial charge is 0.379 e. The zero-order valence-electron chi connectivity index (χ0n) is 24.7. The van der Waals surface area contributed by atoms with Crippen molar-refractivity contribution in [2.24, 2.45) is 5.92 Å². The van der Waals surface area contributed by atoms with Gasteiger partial charge in [0.15, 0.2) is 16.6 Å². The van der Waals surface area contributed by atoms with Crippen molar-refractivity contribution in [3.8, 4) is 0 Å². The topological polar surface area (TPSA) is 105 Å². The van der Waals surface area contributed by atoms with Gasteiger partial charge in [-0.25, -0.2) is 9.59 Å². The Labute approximate surface area is 240 Å². The third-order valence-corrected chi connectivity index (χ3v) is 15.2. The van der Waals surface area contributed by atoms with Crippen LogP contribution < -0.4 is 0 Å². The number of hydrogen-bond donors (Lipinski definition) is 0. The van der Waals surface area contributed by atoms with E-state index in [9.17, 15) is 19.2 Å². The molecule has 40 heavy (non-hydrogen) atoms. The number of Topliss-reactive ketones (excluding diaryl/α,β-unsaturated/α-hetero) is 2. The molecule has 0 aliphatic carbocycles. The van der Waals surface area contributed by atoms with Crippen molar-refractivity contribution in [3.63, 3.8) is 0 Å². The monoisotopic (exact) mass is 602 g/mol. The molecule has 11 heteroatoms. The van der Waals surface area contributed by atoms with E-state index in [-0.39, 0.29) is 24.3 Å². The van der Waals surface area contributed by atoms with Gasteiger partial charge >= 0.3 is 20.5 Å². The highest BCUT2D eigenvalue weighted by Crippen LogP contribution is 2.27. The maximum atomic E-state index is 12.5. The molecule has 8 nitrogen and oxygen atoms in total. The Kier molecular flexibility index (Phi) is 12.4. The Balaban J connectivity index is 2.08. The first-order chi connectivity index (χ1) is 18.6. The summed E-state index contributed by atoms with van der Waals surface area (Å²) in [5, 5.41) is 0. The van der Waals surface area contributed by atoms with Crippen LogP contribution in [0.15, 0.2) is 60.7 Å². The summed E-state index contributed by atoms with van der Waals surface area (Å²) in [5.74, 6) is -3.88. The first kappa shape index (κ1) is 33.5. The lowest BCUT2D eigenvalue weighted by Crippen LogP contribution is -2.52. The van der Waals surface area contributed by atoms with Crippen LogP contribution in [0.25, 0.3) is 0 Å². The standard InChI is InChI=1S/C29H42O8Si3/c1-38(2,3)36-40(7,37-39(4,5)6)20-14-15-23(21-34-28(32)26(30)24-16-10-8-11-17-24)22-35-29(33)27(31)25-18-12-9-13-19-25/h8-13,16-19,23H,14-15,20-22H2,1-7H3. The third kappa shape index (κ3) is 12.2. The van der Waals surface area contributed by atoms with Crippen molar-refractivity contribution in [1.29, 1.82) is 0 Å². The maximum absolute atomic E-state index is 12.5. The number of carbonyl (C=O) groups is 4. The van der Waals surface area contributed by atoms with Gasteiger partial charge in [-0.1, -0.05) is 67.1 Å². The average molecular weight is 603 g/mol. The van der Waals surface area contributed by atoms with Gasteiger partial charge in [-0.3, -0.25) is 9.59 Å². The first-order valence-corrected chi connectivity index (χ1v) is 22.9. The molecule has 0 bridgehead atoms. The highest BCUT2D eigenvalue weighted by atomic mass is 28.5. The third-order valence-electron chi connectivity index (χ3n) is 5.63. The van der Waals surface area contributed by atoms with Crippen molar-refractivity contribution in [1.82, 2.24) is 0 Å². The first-order valence-electron chi connectivity index (χ1n) is 13.5. The van der Waals surface area contributed by atoms with Gasteiger partial charge in [0.1, 0.15) is 0 Å². The van der Waals surface area contributed by atoms with Crippen LogP contribution in [0.1, 0.15) is 33.6 Å². The van der Waals surface area contributed by atoms with Crippen LogP contribution >= 0.6 is 0 Å². The van der Waals surface area contributed by atoms with Crippen LogP contribution in [0, 0.1) is 5.92 Å². The molecule has 0 aliphatic heterocycles. The second-order valence-electron chi connectivity index (χ2n) is 11.9. The highest BCUT2D eigenvalue weighted by molar-refractivity contribution is 6.87. The number of hydrogen-bond acceptors (Lipinski definition) is 8. The van der Waals surface area contributed by atoms with Gasteiger partial charge in [0.2, 0.25) is 0 Å². The van der Waals surface area contributed by atoms with Gasteiger partial charge in [-0.15, -0.1) is 0 Å². The van der Waals surface area contributed by atoms with Gasteiger partial charge in [0.25, 0.3) is 11.6 Å². The molecule has 0 amide bonds. The van der Waals surface area contributed by atoms with E-state index in [0.717, 1.165) is 0 Å². The number of ether oxygens (including phenoxy) is 2. The molecular formula is C29H42O8Si3. The average Bonchev–Trinajstić information content (AvgIpc) is 2.87. The van der Waals surface area contributed by atoms with E-state index in [4.69, 9.17) is 17.7 Å². The van der Waals surface area contributed by atoms with E-state index in [1.807, 2.05) is 0 Å². The fourth-order valence-electron chi connectivity index (χ4n) is 4.28. The molecule has 218 valence electrons. The van der Waals surface area contributed by atoms with Crippen molar-refractivity contribution in [2.75, 3.05) is 13.2 Å². The largest absolute Gasteiger partial charge is 0.459 e. The van der Waals surface area contributed by atoms with Crippen LogP contribution in [-0.4, -0.2) is 61.9 Å².